The summed E-state index contributed by atoms with van der Waals surface area (Å²) in [5, 5.41) is 0. The highest BCUT2D eigenvalue weighted by Crippen LogP contribution is 2.32. The fraction of sp³-hybridized carbons (Fsp3) is 0. The van der Waals surface area contributed by atoms with E-state index in [0.29, 0.717) is 0 Å². The zero-order chi connectivity index (χ0) is 11.0. The van der Waals surface area contributed by atoms with Crippen molar-refractivity contribution in [3.63, 3.8) is 0 Å². The first-order valence-electron chi connectivity index (χ1n) is 4.92. The summed E-state index contributed by atoms with van der Waals surface area (Å²) in [7, 11) is 0. The first-order chi connectivity index (χ1) is 7.86. The fourth-order valence-electron chi connectivity index (χ4n) is 1.67. The van der Waals surface area contributed by atoms with Crippen molar-refractivity contribution in [1.29, 1.82) is 0 Å². The summed E-state index contributed by atoms with van der Waals surface area (Å²) in [5.41, 5.74) is 1.57. The lowest BCUT2D eigenvalue weighted by Gasteiger charge is -2.10. The Bertz CT molecular complexity index is 516. The molecule has 0 amide bonds. The van der Waals surface area contributed by atoms with Gasteiger partial charge in [0.25, 0.3) is 0 Å². The van der Waals surface area contributed by atoms with E-state index in [1.54, 1.807) is 12.3 Å². The Kier molecular flexibility index (Phi) is 2.27. The number of para-hydroxylation sites is 1. The molecule has 0 spiro atoms. The number of hydrogen-bond donors (Lipinski definition) is 0. The van der Waals surface area contributed by atoms with E-state index >= 15 is 0 Å². The highest BCUT2D eigenvalue weighted by atomic mass is 32.2. The maximum Gasteiger partial charge on any atom is 0.184 e. The summed E-state index contributed by atoms with van der Waals surface area (Å²) < 4.78 is 12.3. The van der Waals surface area contributed by atoms with Gasteiger partial charge in [-0.25, -0.2) is 0 Å². The number of hydrogen-bond acceptors (Lipinski definition) is 2. The Morgan fingerprint density at radius 3 is 2.81 bits per heavy atom. The molecule has 1 aliphatic heterocycles. The van der Waals surface area contributed by atoms with Gasteiger partial charge >= 0.3 is 0 Å². The molecule has 0 aromatic heterocycles. The second-order valence-corrected chi connectivity index (χ2v) is 4.86. The second kappa shape index (κ2) is 3.77. The molecule has 1 atom stereocenters. The van der Waals surface area contributed by atoms with E-state index in [2.05, 4.69) is 11.1 Å². The van der Waals surface area contributed by atoms with Crippen molar-refractivity contribution < 1.29 is 4.55 Å². The molecule has 1 radical (unpaired) electrons. The smallest absolute Gasteiger partial charge is 0.184 e. The number of nitrogens with zero attached hydrogens (tertiary/aromatic N) is 1. The van der Waals surface area contributed by atoms with Crippen LogP contribution in [0.15, 0.2) is 57.2 Å². The van der Waals surface area contributed by atoms with Gasteiger partial charge in [-0.2, -0.15) is 0 Å². The topological polar surface area (TPSA) is 35.4 Å². The Morgan fingerprint density at radius 1 is 1.06 bits per heavy atom. The molecule has 3 heteroatoms. The lowest BCUT2D eigenvalue weighted by molar-refractivity contribution is 0.595. The molecule has 0 saturated carbocycles. The van der Waals surface area contributed by atoms with Crippen LogP contribution in [0.1, 0.15) is 5.56 Å². The van der Waals surface area contributed by atoms with Crippen LogP contribution in [-0.4, -0.2) is 10.8 Å². The van der Waals surface area contributed by atoms with Gasteiger partial charge in [-0.3, -0.25) is 4.99 Å². The number of benzene rings is 2. The van der Waals surface area contributed by atoms with Crippen LogP contribution < -0.4 is 0 Å². The molecule has 0 saturated heterocycles. The number of fused-ring (bicyclic) bond motifs is 2. The minimum Gasteiger partial charge on any atom is -0.606 e. The average molecular weight is 226 g/mol. The minimum atomic E-state index is -1.16. The molecule has 1 heterocycles. The first-order valence-corrected chi connectivity index (χ1v) is 6.07. The van der Waals surface area contributed by atoms with Gasteiger partial charge in [0.15, 0.2) is 9.79 Å². The van der Waals surface area contributed by atoms with Crippen LogP contribution in [0.4, 0.5) is 5.69 Å². The van der Waals surface area contributed by atoms with Crippen molar-refractivity contribution >= 4 is 23.1 Å². The zero-order valence-corrected chi connectivity index (χ0v) is 9.20. The number of aliphatic imine (C=N–C) groups is 1. The normalized spacial score (nSPS) is 17.4. The second-order valence-electron chi connectivity index (χ2n) is 3.44. The molecule has 0 bridgehead atoms. The predicted molar refractivity (Wildman–Crippen MR) is 63.6 cm³/mol. The summed E-state index contributed by atoms with van der Waals surface area (Å²) in [6, 6.07) is 16.1. The van der Waals surface area contributed by atoms with Crippen LogP contribution in [-0.2, 0) is 11.2 Å². The third-order valence-electron chi connectivity index (χ3n) is 2.45. The molecular weight excluding hydrogens is 218 g/mol. The van der Waals surface area contributed by atoms with Gasteiger partial charge in [0.2, 0.25) is 0 Å². The van der Waals surface area contributed by atoms with E-state index in [4.69, 9.17) is 0 Å². The molecular formula is C13H8NOS. The van der Waals surface area contributed by atoms with E-state index < -0.39 is 11.2 Å². The van der Waals surface area contributed by atoms with Crippen LogP contribution >= 0.6 is 0 Å². The van der Waals surface area contributed by atoms with Crippen LogP contribution in [0, 0.1) is 6.07 Å². The maximum absolute atomic E-state index is 12.3. The van der Waals surface area contributed by atoms with E-state index in [0.717, 1.165) is 21.0 Å². The van der Waals surface area contributed by atoms with Crippen LogP contribution in [0.5, 0.6) is 0 Å². The van der Waals surface area contributed by atoms with Gasteiger partial charge in [0.05, 0.1) is 5.56 Å². The van der Waals surface area contributed by atoms with Gasteiger partial charge in [-0.15, -0.1) is 0 Å². The van der Waals surface area contributed by atoms with E-state index in [1.807, 2.05) is 36.4 Å². The third kappa shape index (κ3) is 1.45. The van der Waals surface area contributed by atoms with Gasteiger partial charge in [-0.05, 0) is 24.3 Å². The minimum absolute atomic E-state index is 0.761. The SMILES string of the molecule is [O-][S+]1c2ccc[c]c2C=Nc2ccccc21. The molecule has 16 heavy (non-hydrogen) atoms. The Morgan fingerprint density at radius 2 is 1.88 bits per heavy atom. The Hall–Kier alpha value is -1.58. The van der Waals surface area contributed by atoms with E-state index in [1.165, 1.54) is 0 Å². The molecule has 2 aromatic rings. The summed E-state index contributed by atoms with van der Waals surface area (Å²) in [6.07, 6.45) is 1.72. The molecule has 0 N–H and O–H groups in total. The molecule has 3 rings (SSSR count). The van der Waals surface area contributed by atoms with Crippen molar-refractivity contribution in [2.24, 2.45) is 4.99 Å². The predicted octanol–water partition coefficient (Wildman–Crippen LogP) is 2.72. The van der Waals surface area contributed by atoms with Crippen molar-refractivity contribution in [1.82, 2.24) is 0 Å². The molecule has 1 aliphatic rings. The highest BCUT2D eigenvalue weighted by molar-refractivity contribution is 7.91. The lowest BCUT2D eigenvalue weighted by atomic mass is 10.2. The average Bonchev–Trinajstić information content (AvgIpc) is 2.49. The summed E-state index contributed by atoms with van der Waals surface area (Å²) in [6.45, 7) is 0. The summed E-state index contributed by atoms with van der Waals surface area (Å²) in [4.78, 5) is 5.86. The van der Waals surface area contributed by atoms with E-state index in [-0.39, 0.29) is 0 Å². The first kappa shape index (κ1) is 9.63. The fourth-order valence-corrected chi connectivity index (χ4v) is 2.93. The van der Waals surface area contributed by atoms with Crippen LogP contribution in [0.2, 0.25) is 0 Å². The molecule has 2 nitrogen and oxygen atoms in total. The summed E-state index contributed by atoms with van der Waals surface area (Å²) >= 11 is -1.16. The zero-order valence-electron chi connectivity index (χ0n) is 8.38. The quantitative estimate of drug-likeness (QED) is 0.636. The molecule has 77 valence electrons. The maximum atomic E-state index is 12.3. The Labute approximate surface area is 96.8 Å². The third-order valence-corrected chi connectivity index (χ3v) is 3.95. The number of rotatable bonds is 0. The van der Waals surface area contributed by atoms with Gasteiger partial charge in [0.1, 0.15) is 5.69 Å². The summed E-state index contributed by atoms with van der Waals surface area (Å²) in [5.74, 6) is 0. The lowest BCUT2D eigenvalue weighted by Crippen LogP contribution is -2.03. The van der Waals surface area contributed by atoms with Gasteiger partial charge in [-0.1, -0.05) is 24.3 Å². The van der Waals surface area contributed by atoms with E-state index in [9.17, 15) is 4.55 Å². The molecule has 0 aliphatic carbocycles. The van der Waals surface area contributed by atoms with Crippen molar-refractivity contribution in [2.45, 2.75) is 9.79 Å². The van der Waals surface area contributed by atoms with Gasteiger partial charge in [0, 0.05) is 17.4 Å². The van der Waals surface area contributed by atoms with Crippen LogP contribution in [0.3, 0.4) is 0 Å². The van der Waals surface area contributed by atoms with Crippen LogP contribution in [0.25, 0.3) is 0 Å². The highest BCUT2D eigenvalue weighted by Gasteiger charge is 2.23. The van der Waals surface area contributed by atoms with Gasteiger partial charge < -0.3 is 4.55 Å². The van der Waals surface area contributed by atoms with Crippen molar-refractivity contribution in [3.8, 4) is 0 Å². The molecule has 2 aromatic carbocycles. The molecule has 0 fully saturated rings. The largest absolute Gasteiger partial charge is 0.606 e. The monoisotopic (exact) mass is 226 g/mol. The Balaban J connectivity index is 2.26. The van der Waals surface area contributed by atoms with Crippen molar-refractivity contribution in [2.75, 3.05) is 0 Å². The van der Waals surface area contributed by atoms with Crippen molar-refractivity contribution in [3.05, 3.63) is 54.1 Å². The standard InChI is InChI=1S/C13H8NOS/c15-16-12-7-3-1-5-10(12)9-14-11-6-2-4-8-13(11)16/h1-4,6-9H. The molecule has 1 unspecified atom stereocenters.